The highest BCUT2D eigenvalue weighted by atomic mass is 16.3. The van der Waals surface area contributed by atoms with Gasteiger partial charge >= 0.3 is 0 Å². The second-order valence-electron chi connectivity index (χ2n) is 3.27. The van der Waals surface area contributed by atoms with Gasteiger partial charge in [0, 0.05) is 23.2 Å². The molecule has 1 aromatic rings. The zero-order valence-electron chi connectivity index (χ0n) is 8.56. The van der Waals surface area contributed by atoms with Crippen molar-refractivity contribution in [3.8, 4) is 0 Å². The lowest BCUT2D eigenvalue weighted by molar-refractivity contribution is 0.0148. The lowest BCUT2D eigenvalue weighted by atomic mass is 10.0. The molecule has 2 atom stereocenters. The molecule has 1 rings (SSSR count). The lowest BCUT2D eigenvalue weighted by Gasteiger charge is -2.16. The van der Waals surface area contributed by atoms with E-state index in [1.54, 1.807) is 12.1 Å². The van der Waals surface area contributed by atoms with Crippen molar-refractivity contribution in [2.24, 2.45) is 5.11 Å². The van der Waals surface area contributed by atoms with E-state index in [4.69, 9.17) is 11.3 Å². The number of aromatic nitrogens is 1. The molecule has 0 fully saturated rings. The summed E-state index contributed by atoms with van der Waals surface area (Å²) in [5.74, 6) is 0.347. The van der Waals surface area contributed by atoms with Gasteiger partial charge in [-0.25, -0.2) is 4.98 Å². The first-order valence-electron chi connectivity index (χ1n) is 4.73. The molecule has 7 nitrogen and oxygen atoms in total. The van der Waals surface area contributed by atoms with Crippen molar-refractivity contribution in [2.75, 3.05) is 12.3 Å². The summed E-state index contributed by atoms with van der Waals surface area (Å²) in [6, 6.07) is 3.13. The molecule has 0 saturated heterocycles. The zero-order chi connectivity index (χ0) is 12.0. The molecule has 0 radical (unpaired) electrons. The quantitative estimate of drug-likeness (QED) is 0.386. The maximum atomic E-state index is 9.71. The summed E-state index contributed by atoms with van der Waals surface area (Å²) in [5, 5.41) is 22.6. The molecule has 2 unspecified atom stereocenters. The van der Waals surface area contributed by atoms with E-state index < -0.39 is 12.2 Å². The summed E-state index contributed by atoms with van der Waals surface area (Å²) < 4.78 is 0. The topological polar surface area (TPSA) is 128 Å². The van der Waals surface area contributed by atoms with Crippen molar-refractivity contribution in [1.82, 2.24) is 4.98 Å². The smallest absolute Gasteiger partial charge is 0.123 e. The van der Waals surface area contributed by atoms with Crippen LogP contribution in [-0.4, -0.2) is 27.8 Å². The summed E-state index contributed by atoms with van der Waals surface area (Å²) >= 11 is 0. The van der Waals surface area contributed by atoms with Gasteiger partial charge in [-0.1, -0.05) is 11.2 Å². The average Bonchev–Trinajstić information content (AvgIpc) is 2.29. The summed E-state index contributed by atoms with van der Waals surface area (Å²) in [5.41, 5.74) is 13.9. The van der Waals surface area contributed by atoms with Crippen LogP contribution in [0.3, 0.4) is 0 Å². The highest BCUT2D eigenvalue weighted by molar-refractivity contribution is 5.30. The molecule has 0 aliphatic heterocycles. The van der Waals surface area contributed by atoms with E-state index in [0.717, 1.165) is 0 Å². The van der Waals surface area contributed by atoms with Crippen LogP contribution in [0.25, 0.3) is 10.4 Å². The van der Waals surface area contributed by atoms with Crippen LogP contribution in [0.4, 0.5) is 5.82 Å². The Bertz CT molecular complexity index is 374. The molecular weight excluding hydrogens is 210 g/mol. The second kappa shape index (κ2) is 5.92. The van der Waals surface area contributed by atoms with Crippen LogP contribution in [0, 0.1) is 0 Å². The van der Waals surface area contributed by atoms with Crippen molar-refractivity contribution in [1.29, 1.82) is 0 Å². The zero-order valence-corrected chi connectivity index (χ0v) is 8.56. The third kappa shape index (κ3) is 3.39. The minimum atomic E-state index is -1.05. The normalized spacial score (nSPS) is 13.9. The van der Waals surface area contributed by atoms with Crippen LogP contribution >= 0.6 is 0 Å². The molecule has 7 heteroatoms. The molecule has 0 spiro atoms. The number of aliphatic hydroxyl groups excluding tert-OH is 2. The Hall–Kier alpha value is -1.82. The number of azide groups is 1. The fourth-order valence-corrected chi connectivity index (χ4v) is 1.21. The molecule has 0 aliphatic carbocycles. The average molecular weight is 223 g/mol. The predicted molar refractivity (Wildman–Crippen MR) is 58.2 cm³/mol. The third-order valence-electron chi connectivity index (χ3n) is 2.10. The first kappa shape index (κ1) is 12.3. The van der Waals surface area contributed by atoms with Gasteiger partial charge in [-0.2, -0.15) is 0 Å². The third-order valence-corrected chi connectivity index (χ3v) is 2.10. The van der Waals surface area contributed by atoms with E-state index in [0.29, 0.717) is 11.4 Å². The number of hydrogen-bond donors (Lipinski definition) is 3. The minimum absolute atomic E-state index is 0.136. The molecule has 1 heterocycles. The maximum Gasteiger partial charge on any atom is 0.123 e. The Kier molecular flexibility index (Phi) is 4.53. The molecular formula is C9H13N5O2. The summed E-state index contributed by atoms with van der Waals surface area (Å²) in [6.07, 6.45) is -0.454. The number of hydrogen-bond acceptors (Lipinski definition) is 5. The summed E-state index contributed by atoms with van der Waals surface area (Å²) in [6.45, 7) is 0.136. The number of nitrogen functional groups attached to an aromatic ring is 1. The molecule has 0 saturated carbocycles. The minimum Gasteiger partial charge on any atom is -0.390 e. The van der Waals surface area contributed by atoms with Gasteiger partial charge in [-0.15, -0.1) is 0 Å². The molecule has 1 aromatic heterocycles. The fourth-order valence-electron chi connectivity index (χ4n) is 1.21. The van der Waals surface area contributed by atoms with Gasteiger partial charge in [0.1, 0.15) is 11.9 Å². The van der Waals surface area contributed by atoms with Crippen molar-refractivity contribution in [3.05, 3.63) is 34.3 Å². The van der Waals surface area contributed by atoms with Gasteiger partial charge in [0.25, 0.3) is 0 Å². The molecule has 0 bridgehead atoms. The van der Waals surface area contributed by atoms with E-state index in [1.165, 1.54) is 6.20 Å². The number of aliphatic hydroxyl groups is 2. The molecule has 0 aromatic carbocycles. The van der Waals surface area contributed by atoms with Gasteiger partial charge in [0.15, 0.2) is 0 Å². The molecule has 0 amide bonds. The SMILES string of the molecule is [N-]=[N+]=NCCC(O)C(O)c1ccc(N)nc1. The first-order valence-corrected chi connectivity index (χ1v) is 4.73. The summed E-state index contributed by atoms with van der Waals surface area (Å²) in [4.78, 5) is 6.36. The Labute approximate surface area is 92.2 Å². The van der Waals surface area contributed by atoms with E-state index in [9.17, 15) is 10.2 Å². The highest BCUT2D eigenvalue weighted by Gasteiger charge is 2.17. The Morgan fingerprint density at radius 2 is 2.25 bits per heavy atom. The number of nitrogens with two attached hydrogens (primary N) is 1. The Morgan fingerprint density at radius 1 is 1.50 bits per heavy atom. The van der Waals surface area contributed by atoms with Crippen LogP contribution < -0.4 is 5.73 Å². The second-order valence-corrected chi connectivity index (χ2v) is 3.27. The van der Waals surface area contributed by atoms with Crippen LogP contribution in [0.15, 0.2) is 23.4 Å². The molecule has 86 valence electrons. The van der Waals surface area contributed by atoms with Crippen molar-refractivity contribution < 1.29 is 10.2 Å². The van der Waals surface area contributed by atoms with Crippen molar-refractivity contribution in [3.63, 3.8) is 0 Å². The molecule has 0 aliphatic rings. The van der Waals surface area contributed by atoms with Gasteiger partial charge in [0.2, 0.25) is 0 Å². The van der Waals surface area contributed by atoms with E-state index >= 15 is 0 Å². The number of anilines is 1. The fraction of sp³-hybridized carbons (Fsp3) is 0.444. The van der Waals surface area contributed by atoms with Crippen molar-refractivity contribution in [2.45, 2.75) is 18.6 Å². The largest absolute Gasteiger partial charge is 0.390 e. The van der Waals surface area contributed by atoms with Gasteiger partial charge in [0.05, 0.1) is 6.10 Å². The molecule has 4 N–H and O–H groups in total. The number of rotatable bonds is 5. The Balaban J connectivity index is 2.58. The highest BCUT2D eigenvalue weighted by Crippen LogP contribution is 2.18. The van der Waals surface area contributed by atoms with E-state index in [2.05, 4.69) is 15.0 Å². The van der Waals surface area contributed by atoms with Crippen LogP contribution in [0.1, 0.15) is 18.1 Å². The van der Waals surface area contributed by atoms with Gasteiger partial charge in [-0.05, 0) is 18.0 Å². The Morgan fingerprint density at radius 3 is 2.81 bits per heavy atom. The predicted octanol–water partition coefficient (Wildman–Crippen LogP) is 0.759. The number of nitrogens with zero attached hydrogens (tertiary/aromatic N) is 4. The standard InChI is InChI=1S/C9H13N5O2/c10-8-2-1-6(5-12-8)9(16)7(15)3-4-13-14-11/h1-2,5,7,9,15-16H,3-4H2,(H2,10,12). The summed E-state index contributed by atoms with van der Waals surface area (Å²) in [7, 11) is 0. The van der Waals surface area contributed by atoms with Gasteiger partial charge in [-0.3, -0.25) is 0 Å². The van der Waals surface area contributed by atoms with Crippen LogP contribution in [0.5, 0.6) is 0 Å². The maximum absolute atomic E-state index is 9.71. The van der Waals surface area contributed by atoms with E-state index in [-0.39, 0.29) is 13.0 Å². The van der Waals surface area contributed by atoms with Crippen molar-refractivity contribution >= 4 is 5.82 Å². The van der Waals surface area contributed by atoms with Crippen LogP contribution in [0.2, 0.25) is 0 Å². The van der Waals surface area contributed by atoms with E-state index in [1.807, 2.05) is 0 Å². The monoisotopic (exact) mass is 223 g/mol. The molecule has 16 heavy (non-hydrogen) atoms. The first-order chi connectivity index (χ1) is 7.65. The van der Waals surface area contributed by atoms with Crippen LogP contribution in [-0.2, 0) is 0 Å². The number of pyridine rings is 1. The lowest BCUT2D eigenvalue weighted by Crippen LogP contribution is -2.19. The van der Waals surface area contributed by atoms with Gasteiger partial charge < -0.3 is 15.9 Å².